The Labute approximate surface area is 149 Å². The van der Waals surface area contributed by atoms with Crippen LogP contribution in [0.25, 0.3) is 11.1 Å². The Morgan fingerprint density at radius 1 is 1.17 bits per heavy atom. The maximum atomic E-state index is 12.9. The third-order valence-corrected chi connectivity index (χ3v) is 5.30. The molecule has 1 aliphatic heterocycles. The molecule has 126 valence electrons. The molecule has 2 unspecified atom stereocenters. The smallest absolute Gasteiger partial charge is 0.254 e. The summed E-state index contributed by atoms with van der Waals surface area (Å²) < 4.78 is 0. The fraction of sp³-hybridized carbons (Fsp3) is 0.350. The highest BCUT2D eigenvalue weighted by Gasteiger charge is 2.32. The number of rotatable bonds is 2. The van der Waals surface area contributed by atoms with Crippen molar-refractivity contribution in [2.75, 3.05) is 13.1 Å². The van der Waals surface area contributed by atoms with Crippen LogP contribution < -0.4 is 5.73 Å². The maximum absolute atomic E-state index is 12.9. The number of benzene rings is 2. The Morgan fingerprint density at radius 3 is 2.67 bits per heavy atom. The van der Waals surface area contributed by atoms with Crippen LogP contribution in [0.3, 0.4) is 0 Å². The summed E-state index contributed by atoms with van der Waals surface area (Å²) in [6.07, 6.45) is 1.94. The summed E-state index contributed by atoms with van der Waals surface area (Å²) in [5.74, 6) is 0.583. The molecule has 0 bridgehead atoms. The van der Waals surface area contributed by atoms with E-state index in [0.717, 1.165) is 24.9 Å². The minimum Gasteiger partial charge on any atom is -0.336 e. The van der Waals surface area contributed by atoms with Gasteiger partial charge in [-0.15, -0.1) is 12.4 Å². The molecule has 2 atom stereocenters. The lowest BCUT2D eigenvalue weighted by Crippen LogP contribution is -2.34. The highest BCUT2D eigenvalue weighted by atomic mass is 35.5. The van der Waals surface area contributed by atoms with Gasteiger partial charge in [0.2, 0.25) is 0 Å². The summed E-state index contributed by atoms with van der Waals surface area (Å²) in [7, 11) is 0. The summed E-state index contributed by atoms with van der Waals surface area (Å²) in [6, 6.07) is 14.9. The average Bonchev–Trinajstić information content (AvgIpc) is 3.13. The Morgan fingerprint density at radius 2 is 1.92 bits per heavy atom. The molecule has 0 saturated carbocycles. The van der Waals surface area contributed by atoms with E-state index < -0.39 is 0 Å². The zero-order valence-electron chi connectivity index (χ0n) is 13.9. The molecule has 0 aromatic heterocycles. The van der Waals surface area contributed by atoms with E-state index in [0.29, 0.717) is 12.5 Å². The van der Waals surface area contributed by atoms with E-state index in [1.54, 1.807) is 0 Å². The van der Waals surface area contributed by atoms with Gasteiger partial charge in [-0.1, -0.05) is 30.3 Å². The van der Waals surface area contributed by atoms with Gasteiger partial charge in [-0.25, -0.2) is 0 Å². The number of halogens is 1. The van der Waals surface area contributed by atoms with Crippen molar-refractivity contribution in [3.63, 3.8) is 0 Å². The number of carbonyl (C=O) groups is 1. The standard InChI is InChI=1S/C20H22N2O.ClH/c1-13-8-14(11-21)12-22(13)20(23)16-6-7-19-17(10-16)9-15-4-2-3-5-18(15)19;/h2-7,10,13-14H,8-9,11-12,21H2,1H3;1H. The van der Waals surface area contributed by atoms with Crippen molar-refractivity contribution in [2.45, 2.75) is 25.8 Å². The summed E-state index contributed by atoms with van der Waals surface area (Å²) >= 11 is 0. The first-order valence-corrected chi connectivity index (χ1v) is 8.39. The van der Waals surface area contributed by atoms with Crippen molar-refractivity contribution in [1.82, 2.24) is 4.90 Å². The molecule has 0 radical (unpaired) electrons. The zero-order valence-corrected chi connectivity index (χ0v) is 14.7. The molecule has 1 amide bonds. The van der Waals surface area contributed by atoms with Crippen LogP contribution in [0.2, 0.25) is 0 Å². The summed E-state index contributed by atoms with van der Waals surface area (Å²) in [6.45, 7) is 3.57. The highest BCUT2D eigenvalue weighted by molar-refractivity contribution is 5.96. The number of carbonyl (C=O) groups excluding carboxylic acids is 1. The van der Waals surface area contributed by atoms with Crippen molar-refractivity contribution in [3.05, 3.63) is 59.2 Å². The largest absolute Gasteiger partial charge is 0.336 e. The Balaban J connectivity index is 0.00000169. The molecule has 1 saturated heterocycles. The molecule has 2 aromatic rings. The number of fused-ring (bicyclic) bond motifs is 3. The fourth-order valence-electron chi connectivity index (χ4n) is 4.04. The van der Waals surface area contributed by atoms with Gasteiger partial charge in [0.05, 0.1) is 0 Å². The molecule has 1 fully saturated rings. The first-order chi connectivity index (χ1) is 11.2. The van der Waals surface area contributed by atoms with Crippen LogP contribution in [-0.4, -0.2) is 29.9 Å². The molecule has 0 spiro atoms. The normalized spacial score (nSPS) is 21.2. The molecular formula is C20H23ClN2O. The van der Waals surface area contributed by atoms with E-state index in [2.05, 4.69) is 43.3 Å². The third kappa shape index (κ3) is 2.72. The van der Waals surface area contributed by atoms with Crippen molar-refractivity contribution in [2.24, 2.45) is 11.7 Å². The van der Waals surface area contributed by atoms with E-state index in [1.807, 2.05) is 11.0 Å². The van der Waals surface area contributed by atoms with Gasteiger partial charge in [0, 0.05) is 18.2 Å². The first-order valence-electron chi connectivity index (χ1n) is 8.39. The molecule has 1 aliphatic carbocycles. The van der Waals surface area contributed by atoms with Crippen LogP contribution in [0, 0.1) is 5.92 Å². The van der Waals surface area contributed by atoms with E-state index in [-0.39, 0.29) is 24.4 Å². The van der Waals surface area contributed by atoms with Gasteiger partial charge < -0.3 is 10.6 Å². The zero-order chi connectivity index (χ0) is 16.0. The number of amides is 1. The van der Waals surface area contributed by atoms with Crippen molar-refractivity contribution in [1.29, 1.82) is 0 Å². The SMILES string of the molecule is CC1CC(CN)CN1C(=O)c1ccc2c(c1)Cc1ccccc1-2.Cl. The summed E-state index contributed by atoms with van der Waals surface area (Å²) in [5, 5.41) is 0. The lowest BCUT2D eigenvalue weighted by molar-refractivity contribution is 0.0743. The Hall–Kier alpha value is -1.84. The molecule has 1 heterocycles. The average molecular weight is 343 g/mol. The molecule has 4 heteroatoms. The monoisotopic (exact) mass is 342 g/mol. The van der Waals surface area contributed by atoms with Crippen LogP contribution >= 0.6 is 12.4 Å². The maximum Gasteiger partial charge on any atom is 0.254 e. The van der Waals surface area contributed by atoms with Crippen molar-refractivity contribution < 1.29 is 4.79 Å². The molecular weight excluding hydrogens is 320 g/mol. The van der Waals surface area contributed by atoms with Crippen LogP contribution in [-0.2, 0) is 6.42 Å². The van der Waals surface area contributed by atoms with Crippen LogP contribution in [0.5, 0.6) is 0 Å². The lowest BCUT2D eigenvalue weighted by Gasteiger charge is -2.22. The second-order valence-corrected chi connectivity index (χ2v) is 6.85. The van der Waals surface area contributed by atoms with Gasteiger partial charge in [0.1, 0.15) is 0 Å². The topological polar surface area (TPSA) is 46.3 Å². The second kappa shape index (κ2) is 6.58. The number of likely N-dealkylation sites (tertiary alicyclic amines) is 1. The molecule has 2 aromatic carbocycles. The molecule has 2 N–H and O–H groups in total. The number of hydrogen-bond donors (Lipinski definition) is 1. The van der Waals surface area contributed by atoms with Gasteiger partial charge in [-0.05, 0) is 66.6 Å². The number of hydrogen-bond acceptors (Lipinski definition) is 2. The Kier molecular flexibility index (Phi) is 4.66. The second-order valence-electron chi connectivity index (χ2n) is 6.85. The van der Waals surface area contributed by atoms with Crippen molar-refractivity contribution >= 4 is 18.3 Å². The quantitative estimate of drug-likeness (QED) is 0.775. The van der Waals surface area contributed by atoms with E-state index in [9.17, 15) is 4.79 Å². The van der Waals surface area contributed by atoms with Gasteiger partial charge in [0.15, 0.2) is 0 Å². The van der Waals surface area contributed by atoms with Gasteiger partial charge >= 0.3 is 0 Å². The fourth-order valence-corrected chi connectivity index (χ4v) is 4.04. The van der Waals surface area contributed by atoms with Crippen molar-refractivity contribution in [3.8, 4) is 11.1 Å². The van der Waals surface area contributed by atoms with Crippen LogP contribution in [0.4, 0.5) is 0 Å². The molecule has 3 nitrogen and oxygen atoms in total. The Bertz CT molecular complexity index is 774. The summed E-state index contributed by atoms with van der Waals surface area (Å²) in [5.41, 5.74) is 11.8. The van der Waals surface area contributed by atoms with Gasteiger partial charge in [-0.2, -0.15) is 0 Å². The number of nitrogens with zero attached hydrogens (tertiary/aromatic N) is 1. The summed E-state index contributed by atoms with van der Waals surface area (Å²) in [4.78, 5) is 14.9. The van der Waals surface area contributed by atoms with Gasteiger partial charge in [-0.3, -0.25) is 4.79 Å². The van der Waals surface area contributed by atoms with Gasteiger partial charge in [0.25, 0.3) is 5.91 Å². The predicted octanol–water partition coefficient (Wildman–Crippen LogP) is 3.49. The molecule has 24 heavy (non-hydrogen) atoms. The van der Waals surface area contributed by atoms with E-state index in [4.69, 9.17) is 5.73 Å². The minimum absolute atomic E-state index is 0. The number of nitrogens with two attached hydrogens (primary N) is 1. The van der Waals surface area contributed by atoms with E-state index in [1.165, 1.54) is 22.3 Å². The van der Waals surface area contributed by atoms with Crippen LogP contribution in [0.1, 0.15) is 34.8 Å². The van der Waals surface area contributed by atoms with E-state index >= 15 is 0 Å². The molecule has 2 aliphatic rings. The molecule has 4 rings (SSSR count). The first kappa shape index (κ1) is 17.0. The predicted molar refractivity (Wildman–Crippen MR) is 99.6 cm³/mol. The third-order valence-electron chi connectivity index (χ3n) is 5.30. The lowest BCUT2D eigenvalue weighted by atomic mass is 10.0. The highest BCUT2D eigenvalue weighted by Crippen LogP contribution is 2.37. The minimum atomic E-state index is 0. The van der Waals surface area contributed by atoms with Crippen LogP contribution in [0.15, 0.2) is 42.5 Å².